The van der Waals surface area contributed by atoms with Crippen molar-refractivity contribution in [1.82, 2.24) is 15.0 Å². The second kappa shape index (κ2) is 6.33. The van der Waals surface area contributed by atoms with Crippen LogP contribution in [0.5, 0.6) is 0 Å². The molecule has 0 atom stereocenters. The Hall–Kier alpha value is -2.26. The van der Waals surface area contributed by atoms with Crippen LogP contribution < -0.4 is 5.32 Å². The molecule has 128 valence electrons. The molecule has 3 heterocycles. The quantitative estimate of drug-likeness (QED) is 0.866. The fourth-order valence-corrected chi connectivity index (χ4v) is 2.23. The Bertz CT molecular complexity index is 700. The number of nitrogens with zero attached hydrogens (tertiary/aromatic N) is 3. The molecule has 1 aliphatic rings. The summed E-state index contributed by atoms with van der Waals surface area (Å²) >= 11 is 0. The maximum Gasteiger partial charge on any atom is 0.433 e. The molecule has 0 spiro atoms. The molecule has 0 aromatic carbocycles. The maximum atomic E-state index is 13.1. The molecule has 1 fully saturated rings. The van der Waals surface area contributed by atoms with Crippen molar-refractivity contribution in [2.75, 3.05) is 31.7 Å². The molecule has 2 N–H and O–H groups in total. The summed E-state index contributed by atoms with van der Waals surface area (Å²) in [7, 11) is 0. The summed E-state index contributed by atoms with van der Waals surface area (Å²) in [5.74, 6) is 0.00138. The third kappa shape index (κ3) is 3.46. The Kier molecular flexibility index (Phi) is 4.37. The number of hydrogen-bond acceptors (Lipinski definition) is 6. The minimum absolute atomic E-state index is 0.0439. The number of aliphatic hydroxyl groups excluding tert-OH is 1. The number of aromatic nitrogens is 3. The van der Waals surface area contributed by atoms with E-state index in [0.717, 1.165) is 6.07 Å². The van der Waals surface area contributed by atoms with Crippen LogP contribution in [0.1, 0.15) is 5.69 Å². The summed E-state index contributed by atoms with van der Waals surface area (Å²) in [4.78, 5) is 11.6. The minimum atomic E-state index is -4.59. The fraction of sp³-hybridized carbons (Fsp3) is 0.400. The molecule has 3 rings (SSSR count). The van der Waals surface area contributed by atoms with Gasteiger partial charge in [-0.2, -0.15) is 13.2 Å². The number of nitrogens with one attached hydrogen (secondary N) is 1. The molecule has 0 aliphatic carbocycles. The number of halogens is 3. The number of aliphatic hydroxyl groups is 1. The van der Waals surface area contributed by atoms with Crippen LogP contribution in [-0.2, 0) is 10.9 Å². The fourth-order valence-electron chi connectivity index (χ4n) is 2.23. The lowest BCUT2D eigenvalue weighted by atomic mass is 9.87. The Morgan fingerprint density at radius 3 is 2.46 bits per heavy atom. The average Bonchev–Trinajstić information content (AvgIpc) is 2.54. The van der Waals surface area contributed by atoms with Gasteiger partial charge in [0.25, 0.3) is 0 Å². The van der Waals surface area contributed by atoms with Crippen molar-refractivity contribution in [3.05, 3.63) is 36.3 Å². The first-order valence-corrected chi connectivity index (χ1v) is 7.21. The van der Waals surface area contributed by atoms with E-state index in [-0.39, 0.29) is 24.8 Å². The monoisotopic (exact) mass is 340 g/mol. The third-order valence-electron chi connectivity index (χ3n) is 3.75. The zero-order chi connectivity index (χ0) is 17.2. The van der Waals surface area contributed by atoms with Crippen LogP contribution in [-0.4, -0.2) is 46.4 Å². The van der Waals surface area contributed by atoms with E-state index >= 15 is 0 Å². The van der Waals surface area contributed by atoms with Gasteiger partial charge in [0, 0.05) is 30.6 Å². The first-order valence-electron chi connectivity index (χ1n) is 7.21. The van der Waals surface area contributed by atoms with E-state index in [4.69, 9.17) is 4.74 Å². The molecule has 6 nitrogen and oxygen atoms in total. The van der Waals surface area contributed by atoms with E-state index in [1.807, 2.05) is 0 Å². The smallest absolute Gasteiger partial charge is 0.396 e. The van der Waals surface area contributed by atoms with Gasteiger partial charge in [-0.3, -0.25) is 4.98 Å². The standard InChI is InChI=1S/C15H15F3N4O2/c16-15(17,18)11-5-12(20-6-14(7-23)8-24-9-14)22-13(21-11)10-1-3-19-4-2-10/h1-5,23H,6-9H2,(H,20,21,22). The van der Waals surface area contributed by atoms with Crippen molar-refractivity contribution in [2.45, 2.75) is 6.18 Å². The zero-order valence-corrected chi connectivity index (χ0v) is 12.5. The number of alkyl halides is 3. The van der Waals surface area contributed by atoms with Crippen LogP contribution in [0.4, 0.5) is 19.0 Å². The van der Waals surface area contributed by atoms with Gasteiger partial charge >= 0.3 is 6.18 Å². The highest BCUT2D eigenvalue weighted by Crippen LogP contribution is 2.32. The normalized spacial score (nSPS) is 16.5. The Labute approximate surface area is 135 Å². The molecule has 1 saturated heterocycles. The molecule has 2 aromatic rings. The van der Waals surface area contributed by atoms with Crippen molar-refractivity contribution >= 4 is 5.82 Å². The summed E-state index contributed by atoms with van der Waals surface area (Å²) in [6, 6.07) is 3.93. The number of ether oxygens (including phenoxy) is 1. The number of rotatable bonds is 5. The van der Waals surface area contributed by atoms with Gasteiger partial charge in [0.05, 0.1) is 25.2 Å². The van der Waals surface area contributed by atoms with Crippen molar-refractivity contribution in [2.24, 2.45) is 5.41 Å². The molecular weight excluding hydrogens is 325 g/mol. The second-order valence-electron chi connectivity index (χ2n) is 5.70. The molecule has 2 aromatic heterocycles. The highest BCUT2D eigenvalue weighted by molar-refractivity contribution is 5.57. The number of pyridine rings is 1. The highest BCUT2D eigenvalue weighted by atomic mass is 19.4. The van der Waals surface area contributed by atoms with E-state index in [2.05, 4.69) is 20.3 Å². The molecular formula is C15H15F3N4O2. The van der Waals surface area contributed by atoms with Crippen LogP contribution in [0.2, 0.25) is 0 Å². The van der Waals surface area contributed by atoms with E-state index in [0.29, 0.717) is 18.8 Å². The van der Waals surface area contributed by atoms with Gasteiger partial charge in [0.15, 0.2) is 11.5 Å². The van der Waals surface area contributed by atoms with Gasteiger partial charge < -0.3 is 15.2 Å². The van der Waals surface area contributed by atoms with Crippen molar-refractivity contribution < 1.29 is 23.0 Å². The largest absolute Gasteiger partial charge is 0.433 e. The Balaban J connectivity index is 1.90. The van der Waals surface area contributed by atoms with E-state index in [9.17, 15) is 18.3 Å². The van der Waals surface area contributed by atoms with Gasteiger partial charge in [0.1, 0.15) is 5.82 Å². The molecule has 1 aliphatic heterocycles. The lowest BCUT2D eigenvalue weighted by Gasteiger charge is -2.39. The SMILES string of the molecule is OCC1(CNc2cc(C(F)(F)F)nc(-c3ccncc3)n2)COC1. The van der Waals surface area contributed by atoms with Crippen LogP contribution >= 0.6 is 0 Å². The summed E-state index contributed by atoms with van der Waals surface area (Å²) in [6.45, 7) is 0.845. The number of hydrogen-bond donors (Lipinski definition) is 2. The average molecular weight is 340 g/mol. The van der Waals surface area contributed by atoms with Crippen molar-refractivity contribution in [1.29, 1.82) is 0 Å². The highest BCUT2D eigenvalue weighted by Gasteiger charge is 2.38. The summed E-state index contributed by atoms with van der Waals surface area (Å²) in [6.07, 6.45) is -1.67. The summed E-state index contributed by atoms with van der Waals surface area (Å²) < 4.78 is 44.3. The van der Waals surface area contributed by atoms with Crippen LogP contribution in [0.15, 0.2) is 30.6 Å². The lowest BCUT2D eigenvalue weighted by Crippen LogP contribution is -2.50. The van der Waals surface area contributed by atoms with Gasteiger partial charge in [-0.1, -0.05) is 0 Å². The third-order valence-corrected chi connectivity index (χ3v) is 3.75. The molecule has 0 bridgehead atoms. The van der Waals surface area contributed by atoms with E-state index in [1.54, 1.807) is 0 Å². The van der Waals surface area contributed by atoms with Gasteiger partial charge in [-0.15, -0.1) is 0 Å². The Morgan fingerprint density at radius 1 is 1.21 bits per heavy atom. The van der Waals surface area contributed by atoms with E-state index in [1.165, 1.54) is 24.5 Å². The summed E-state index contributed by atoms with van der Waals surface area (Å²) in [5.41, 5.74) is -1.09. The Morgan fingerprint density at radius 2 is 1.92 bits per heavy atom. The van der Waals surface area contributed by atoms with Crippen LogP contribution in [0, 0.1) is 5.41 Å². The predicted octanol–water partition coefficient (Wildman–Crippen LogP) is 1.98. The molecule has 0 saturated carbocycles. The maximum absolute atomic E-state index is 13.1. The van der Waals surface area contributed by atoms with E-state index < -0.39 is 17.3 Å². The van der Waals surface area contributed by atoms with Gasteiger partial charge in [-0.25, -0.2) is 9.97 Å². The van der Waals surface area contributed by atoms with Gasteiger partial charge in [-0.05, 0) is 12.1 Å². The second-order valence-corrected chi connectivity index (χ2v) is 5.70. The molecule has 0 unspecified atom stereocenters. The zero-order valence-electron chi connectivity index (χ0n) is 12.5. The molecule has 9 heteroatoms. The minimum Gasteiger partial charge on any atom is -0.396 e. The number of anilines is 1. The molecule has 24 heavy (non-hydrogen) atoms. The van der Waals surface area contributed by atoms with Gasteiger partial charge in [0.2, 0.25) is 0 Å². The molecule has 0 radical (unpaired) electrons. The topological polar surface area (TPSA) is 80.2 Å². The molecule has 0 amide bonds. The van der Waals surface area contributed by atoms with Crippen molar-refractivity contribution in [3.63, 3.8) is 0 Å². The van der Waals surface area contributed by atoms with Crippen LogP contribution in [0.3, 0.4) is 0 Å². The van der Waals surface area contributed by atoms with Crippen molar-refractivity contribution in [3.8, 4) is 11.4 Å². The lowest BCUT2D eigenvalue weighted by molar-refractivity contribution is -0.141. The first kappa shape index (κ1) is 16.6. The van der Waals surface area contributed by atoms with Crippen LogP contribution in [0.25, 0.3) is 11.4 Å². The summed E-state index contributed by atoms with van der Waals surface area (Å²) in [5, 5.41) is 12.2. The first-order chi connectivity index (χ1) is 11.4. The predicted molar refractivity (Wildman–Crippen MR) is 79.1 cm³/mol.